The van der Waals surface area contributed by atoms with Gasteiger partial charge in [-0.25, -0.2) is 0 Å². The molecule has 0 radical (unpaired) electrons. The van der Waals surface area contributed by atoms with E-state index in [1.807, 2.05) is 30.3 Å². The molecule has 0 saturated heterocycles. The summed E-state index contributed by atoms with van der Waals surface area (Å²) in [5.74, 6) is 0. The zero-order chi connectivity index (χ0) is 9.52. The van der Waals surface area contributed by atoms with Crippen LogP contribution in [0.1, 0.15) is 0 Å². The molecule has 0 fully saturated rings. The second kappa shape index (κ2) is 5.57. The second-order valence-electron chi connectivity index (χ2n) is 2.26. The molecule has 1 aromatic carbocycles. The van der Waals surface area contributed by atoms with Crippen molar-refractivity contribution in [3.8, 4) is 0 Å². The van der Waals surface area contributed by atoms with Crippen molar-refractivity contribution in [2.75, 3.05) is 6.61 Å². The topological polar surface area (TPSA) is 26.3 Å². The molecule has 0 N–H and O–H groups in total. The van der Waals surface area contributed by atoms with Gasteiger partial charge in [-0.15, -0.1) is 0 Å². The van der Waals surface area contributed by atoms with Crippen LogP contribution in [0.25, 0.3) is 0 Å². The summed E-state index contributed by atoms with van der Waals surface area (Å²) in [7, 11) is 0. The van der Waals surface area contributed by atoms with Crippen molar-refractivity contribution in [2.24, 2.45) is 0 Å². The summed E-state index contributed by atoms with van der Waals surface area (Å²) in [5.41, 5.74) is 0. The van der Waals surface area contributed by atoms with Crippen LogP contribution in [-0.2, 0) is 4.74 Å². The molecule has 0 heterocycles. The van der Waals surface area contributed by atoms with Gasteiger partial charge < -0.3 is 0 Å². The fourth-order valence-corrected chi connectivity index (χ4v) is 2.03. The van der Waals surface area contributed by atoms with Gasteiger partial charge in [-0.2, -0.15) is 0 Å². The average molecular weight is 241 g/mol. The van der Waals surface area contributed by atoms with Gasteiger partial charge in [0.25, 0.3) is 0 Å². The maximum absolute atomic E-state index is 11.1. The van der Waals surface area contributed by atoms with E-state index in [4.69, 9.17) is 4.74 Å². The number of hydrogen-bond acceptors (Lipinski definition) is 2. The molecule has 0 atom stereocenters. The van der Waals surface area contributed by atoms with E-state index in [0.717, 1.165) is 4.46 Å². The predicted molar refractivity (Wildman–Crippen MR) is 53.4 cm³/mol. The van der Waals surface area contributed by atoms with Crippen LogP contribution in [-0.4, -0.2) is 26.4 Å². The zero-order valence-electron chi connectivity index (χ0n) is 7.10. The van der Waals surface area contributed by atoms with Gasteiger partial charge in [-0.3, -0.25) is 0 Å². The Morgan fingerprint density at radius 1 is 1.46 bits per heavy atom. The molecule has 0 bridgehead atoms. The molecule has 2 nitrogen and oxygen atoms in total. The van der Waals surface area contributed by atoms with E-state index in [1.165, 1.54) is 0 Å². The van der Waals surface area contributed by atoms with Crippen LogP contribution in [0.2, 0.25) is 0 Å². The van der Waals surface area contributed by atoms with Gasteiger partial charge in [-0.1, -0.05) is 0 Å². The Kier molecular flexibility index (Phi) is 4.30. The molecule has 0 aliphatic heterocycles. The first-order valence-corrected chi connectivity index (χ1v) is 5.55. The van der Waals surface area contributed by atoms with Crippen molar-refractivity contribution in [3.05, 3.63) is 43.0 Å². The van der Waals surface area contributed by atoms with E-state index in [1.54, 1.807) is 6.08 Å². The number of benzene rings is 1. The molecule has 0 aliphatic carbocycles. The summed E-state index contributed by atoms with van der Waals surface area (Å²) in [6.07, 6.45) is 1.57. The molecule has 0 amide bonds. The molecule has 0 unspecified atom stereocenters. The van der Waals surface area contributed by atoms with Crippen molar-refractivity contribution in [1.29, 1.82) is 0 Å². The minimum atomic E-state index is -0.232. The number of hydrogen-bond donors (Lipinski definition) is 0. The van der Waals surface area contributed by atoms with Crippen LogP contribution in [0.15, 0.2) is 43.0 Å². The third-order valence-electron chi connectivity index (χ3n) is 1.26. The van der Waals surface area contributed by atoms with E-state index >= 15 is 0 Å². The van der Waals surface area contributed by atoms with Crippen molar-refractivity contribution in [2.45, 2.75) is 0 Å². The molecule has 0 aliphatic rings. The fraction of sp³-hybridized carbons (Fsp3) is 0.100. The molecule has 0 aromatic heterocycles. The Bertz CT molecular complexity index is 282. The van der Waals surface area contributed by atoms with Gasteiger partial charge in [-0.05, 0) is 0 Å². The van der Waals surface area contributed by atoms with E-state index in [9.17, 15) is 4.79 Å². The Balaban J connectivity index is 2.41. The Hall–Kier alpha value is -1.05. The van der Waals surface area contributed by atoms with Crippen LogP contribution < -0.4 is 4.46 Å². The third-order valence-corrected chi connectivity index (χ3v) is 2.93. The predicted octanol–water partition coefficient (Wildman–Crippen LogP) is 1.34. The van der Waals surface area contributed by atoms with Gasteiger partial charge in [0, 0.05) is 0 Å². The Labute approximate surface area is 83.8 Å². The Morgan fingerprint density at radius 2 is 2.15 bits per heavy atom. The van der Waals surface area contributed by atoms with Gasteiger partial charge >= 0.3 is 83.4 Å². The molecule has 1 rings (SSSR count). The molecule has 68 valence electrons. The SMILES string of the molecule is C=CCOC(=O)[Se]c1ccccc1. The van der Waals surface area contributed by atoms with Crippen LogP contribution in [0.3, 0.4) is 0 Å². The van der Waals surface area contributed by atoms with Crippen LogP contribution in [0.5, 0.6) is 0 Å². The number of carbonyl (C=O) groups excluding carboxylic acids is 1. The minimum absolute atomic E-state index is 0.154. The van der Waals surface area contributed by atoms with E-state index in [0.29, 0.717) is 6.61 Å². The first-order valence-electron chi connectivity index (χ1n) is 3.83. The summed E-state index contributed by atoms with van der Waals surface area (Å²) in [5, 5.41) is 0. The summed E-state index contributed by atoms with van der Waals surface area (Å²) in [6.45, 7) is 3.77. The van der Waals surface area contributed by atoms with Gasteiger partial charge in [0.1, 0.15) is 0 Å². The molecular formula is C10H10O2Se. The van der Waals surface area contributed by atoms with Crippen LogP contribution >= 0.6 is 0 Å². The van der Waals surface area contributed by atoms with E-state index < -0.39 is 0 Å². The van der Waals surface area contributed by atoms with Crippen molar-refractivity contribution < 1.29 is 9.53 Å². The van der Waals surface area contributed by atoms with E-state index in [2.05, 4.69) is 6.58 Å². The van der Waals surface area contributed by atoms with Crippen LogP contribution in [0, 0.1) is 0 Å². The summed E-state index contributed by atoms with van der Waals surface area (Å²) in [4.78, 5) is 11.0. The second-order valence-corrected chi connectivity index (χ2v) is 4.38. The van der Waals surface area contributed by atoms with E-state index in [-0.39, 0.29) is 19.8 Å². The standard InChI is InChI=1S/C10H10O2Se/c1-2-8-12-10(11)13-9-6-4-3-5-7-9/h2-7H,1,8H2. The number of ether oxygens (including phenoxy) is 1. The molecule has 1 aromatic rings. The average Bonchev–Trinajstić information content (AvgIpc) is 2.16. The quantitative estimate of drug-likeness (QED) is 0.587. The molecule has 13 heavy (non-hydrogen) atoms. The van der Waals surface area contributed by atoms with Crippen molar-refractivity contribution in [1.82, 2.24) is 0 Å². The molecular weight excluding hydrogens is 231 g/mol. The fourth-order valence-electron chi connectivity index (χ4n) is 0.741. The van der Waals surface area contributed by atoms with Crippen molar-refractivity contribution in [3.63, 3.8) is 0 Å². The Morgan fingerprint density at radius 3 is 2.77 bits per heavy atom. The first-order chi connectivity index (χ1) is 6.33. The normalized spacial score (nSPS) is 9.23. The summed E-state index contributed by atoms with van der Waals surface area (Å²) in [6, 6.07) is 9.61. The summed E-state index contributed by atoms with van der Waals surface area (Å²) < 4.78 is 5.90. The van der Waals surface area contributed by atoms with Gasteiger partial charge in [0.15, 0.2) is 0 Å². The van der Waals surface area contributed by atoms with Crippen LogP contribution in [0.4, 0.5) is 4.79 Å². The third kappa shape index (κ3) is 3.92. The zero-order valence-corrected chi connectivity index (χ0v) is 8.82. The maximum atomic E-state index is 11.1. The molecule has 0 saturated carbocycles. The molecule has 3 heteroatoms. The molecule has 0 spiro atoms. The number of rotatable bonds is 4. The number of carbonyl (C=O) groups is 1. The van der Waals surface area contributed by atoms with Gasteiger partial charge in [0.2, 0.25) is 0 Å². The van der Waals surface area contributed by atoms with Gasteiger partial charge in [0.05, 0.1) is 0 Å². The monoisotopic (exact) mass is 242 g/mol. The summed E-state index contributed by atoms with van der Waals surface area (Å²) >= 11 is -0.232. The van der Waals surface area contributed by atoms with Crippen molar-refractivity contribution >= 4 is 24.3 Å². The first kappa shape index (κ1) is 10.0.